The Hall–Kier alpha value is -2.89. The number of aromatic amines is 1. The van der Waals surface area contributed by atoms with E-state index in [2.05, 4.69) is 46.5 Å². The van der Waals surface area contributed by atoms with Crippen LogP contribution in [0.1, 0.15) is 53.2 Å². The van der Waals surface area contributed by atoms with Gasteiger partial charge in [-0.1, -0.05) is 41.9 Å². The largest absolute Gasteiger partial charge is 0.351 e. The minimum Gasteiger partial charge on any atom is -0.351 e. The Balaban J connectivity index is 1.54. The SMILES string of the molecule is CCc1cc(C(=O)N2CCC[C@H](c3[nH]ncc3-c3ccc(C)cc3)C2)on1. The van der Waals surface area contributed by atoms with E-state index in [1.807, 2.05) is 18.0 Å². The van der Waals surface area contributed by atoms with Gasteiger partial charge in [0.2, 0.25) is 5.76 Å². The molecule has 4 rings (SSSR count). The van der Waals surface area contributed by atoms with Crippen LogP contribution in [0, 0.1) is 6.92 Å². The van der Waals surface area contributed by atoms with Crippen LogP contribution in [0.5, 0.6) is 0 Å². The standard InChI is InChI=1S/C21H24N4O2/c1-3-17-11-19(27-24-17)21(26)25-10-4-5-16(13-25)20-18(12-22-23-20)15-8-6-14(2)7-9-15/h6-9,11-12,16H,3-5,10,13H2,1-2H3,(H,22,23)/t16-/m0/s1. The Morgan fingerprint density at radius 2 is 2.15 bits per heavy atom. The monoisotopic (exact) mass is 364 g/mol. The van der Waals surface area contributed by atoms with Crippen molar-refractivity contribution in [3.63, 3.8) is 0 Å². The van der Waals surface area contributed by atoms with Gasteiger partial charge in [-0.3, -0.25) is 9.89 Å². The summed E-state index contributed by atoms with van der Waals surface area (Å²) < 4.78 is 5.24. The highest BCUT2D eigenvalue weighted by molar-refractivity contribution is 5.91. The Morgan fingerprint density at radius 1 is 1.33 bits per heavy atom. The van der Waals surface area contributed by atoms with Gasteiger partial charge >= 0.3 is 0 Å². The van der Waals surface area contributed by atoms with Gasteiger partial charge in [-0.25, -0.2) is 0 Å². The first kappa shape index (κ1) is 17.5. The molecular formula is C21H24N4O2. The van der Waals surface area contributed by atoms with Crippen molar-refractivity contribution in [1.82, 2.24) is 20.3 Å². The molecule has 3 heterocycles. The maximum atomic E-state index is 12.8. The van der Waals surface area contributed by atoms with Crippen molar-refractivity contribution < 1.29 is 9.32 Å². The van der Waals surface area contributed by atoms with Crippen molar-refractivity contribution in [2.24, 2.45) is 0 Å². The summed E-state index contributed by atoms with van der Waals surface area (Å²) in [6, 6.07) is 10.2. The molecule has 140 valence electrons. The topological polar surface area (TPSA) is 75.0 Å². The minimum atomic E-state index is -0.0803. The van der Waals surface area contributed by atoms with Gasteiger partial charge in [0.1, 0.15) is 0 Å². The molecule has 1 aliphatic rings. The van der Waals surface area contributed by atoms with Crippen LogP contribution in [0.3, 0.4) is 0 Å². The van der Waals surface area contributed by atoms with Gasteiger partial charge in [0.15, 0.2) is 0 Å². The van der Waals surface area contributed by atoms with Crippen molar-refractivity contribution in [2.75, 3.05) is 13.1 Å². The predicted octanol–water partition coefficient (Wildman–Crippen LogP) is 3.96. The number of carbonyl (C=O) groups is 1. The van der Waals surface area contributed by atoms with Crippen LogP contribution in [0.4, 0.5) is 0 Å². The summed E-state index contributed by atoms with van der Waals surface area (Å²) in [5.74, 6) is 0.481. The lowest BCUT2D eigenvalue weighted by Crippen LogP contribution is -2.39. The molecule has 0 spiro atoms. The van der Waals surface area contributed by atoms with Crippen molar-refractivity contribution in [3.05, 3.63) is 59.2 Å². The number of aromatic nitrogens is 3. The number of rotatable bonds is 4. The number of likely N-dealkylation sites (tertiary alicyclic amines) is 1. The number of nitrogens with one attached hydrogen (secondary N) is 1. The van der Waals surface area contributed by atoms with Crippen molar-refractivity contribution in [3.8, 4) is 11.1 Å². The Morgan fingerprint density at radius 3 is 2.89 bits per heavy atom. The van der Waals surface area contributed by atoms with E-state index in [0.717, 1.165) is 48.3 Å². The van der Waals surface area contributed by atoms with E-state index >= 15 is 0 Å². The molecule has 1 aromatic carbocycles. The number of amides is 1. The molecular weight excluding hydrogens is 340 g/mol. The summed E-state index contributed by atoms with van der Waals surface area (Å²) in [6.07, 6.45) is 4.62. The number of aryl methyl sites for hydroxylation is 2. The van der Waals surface area contributed by atoms with Crippen LogP contribution in [0.15, 0.2) is 41.1 Å². The maximum absolute atomic E-state index is 12.8. The molecule has 1 N–H and O–H groups in total. The second-order valence-electron chi connectivity index (χ2n) is 7.19. The third-order valence-electron chi connectivity index (χ3n) is 5.28. The van der Waals surface area contributed by atoms with E-state index < -0.39 is 0 Å². The lowest BCUT2D eigenvalue weighted by atomic mass is 9.90. The molecule has 1 aliphatic heterocycles. The Kier molecular flexibility index (Phi) is 4.79. The molecule has 0 unspecified atom stereocenters. The summed E-state index contributed by atoms with van der Waals surface area (Å²) >= 11 is 0. The summed E-state index contributed by atoms with van der Waals surface area (Å²) in [5, 5.41) is 11.4. The van der Waals surface area contributed by atoms with E-state index in [1.165, 1.54) is 5.56 Å². The van der Waals surface area contributed by atoms with Gasteiger partial charge in [0, 0.05) is 36.3 Å². The minimum absolute atomic E-state index is 0.0803. The number of hydrogen-bond donors (Lipinski definition) is 1. The number of carbonyl (C=O) groups excluding carboxylic acids is 1. The molecule has 1 amide bonds. The summed E-state index contributed by atoms with van der Waals surface area (Å²) in [5.41, 5.74) is 5.40. The first-order valence-corrected chi connectivity index (χ1v) is 9.51. The van der Waals surface area contributed by atoms with Crippen LogP contribution in [-0.2, 0) is 6.42 Å². The zero-order valence-corrected chi connectivity index (χ0v) is 15.7. The van der Waals surface area contributed by atoms with Gasteiger partial charge in [-0.05, 0) is 31.7 Å². The average Bonchev–Trinajstić information content (AvgIpc) is 3.38. The van der Waals surface area contributed by atoms with E-state index in [4.69, 9.17) is 4.52 Å². The van der Waals surface area contributed by atoms with Gasteiger partial charge in [0.25, 0.3) is 5.91 Å². The van der Waals surface area contributed by atoms with Crippen molar-refractivity contribution in [1.29, 1.82) is 0 Å². The summed E-state index contributed by atoms with van der Waals surface area (Å²) in [7, 11) is 0. The fraction of sp³-hybridized carbons (Fsp3) is 0.381. The summed E-state index contributed by atoms with van der Waals surface area (Å²) in [6.45, 7) is 5.47. The predicted molar refractivity (Wildman–Crippen MR) is 103 cm³/mol. The molecule has 0 saturated carbocycles. The fourth-order valence-corrected chi connectivity index (χ4v) is 3.70. The molecule has 1 atom stereocenters. The third kappa shape index (κ3) is 3.52. The third-order valence-corrected chi connectivity index (χ3v) is 5.28. The molecule has 27 heavy (non-hydrogen) atoms. The van der Waals surface area contributed by atoms with Crippen molar-refractivity contribution in [2.45, 2.75) is 39.0 Å². The maximum Gasteiger partial charge on any atom is 0.292 e. The first-order chi connectivity index (χ1) is 13.2. The van der Waals surface area contributed by atoms with Gasteiger partial charge < -0.3 is 9.42 Å². The highest BCUT2D eigenvalue weighted by Gasteiger charge is 2.29. The lowest BCUT2D eigenvalue weighted by Gasteiger charge is -2.32. The van der Waals surface area contributed by atoms with Crippen molar-refractivity contribution >= 4 is 5.91 Å². The molecule has 1 saturated heterocycles. The van der Waals surface area contributed by atoms with Crippen LogP contribution in [0.2, 0.25) is 0 Å². The molecule has 6 heteroatoms. The molecule has 1 fully saturated rings. The molecule has 6 nitrogen and oxygen atoms in total. The number of piperidine rings is 1. The van der Waals surface area contributed by atoms with E-state index in [-0.39, 0.29) is 11.8 Å². The van der Waals surface area contributed by atoms with Crippen LogP contribution in [-0.4, -0.2) is 39.3 Å². The number of benzene rings is 1. The Labute approximate surface area is 158 Å². The average molecular weight is 364 g/mol. The van der Waals surface area contributed by atoms with E-state index in [9.17, 15) is 4.79 Å². The highest BCUT2D eigenvalue weighted by atomic mass is 16.5. The second-order valence-corrected chi connectivity index (χ2v) is 7.19. The molecule has 0 bridgehead atoms. The lowest BCUT2D eigenvalue weighted by molar-refractivity contribution is 0.0664. The first-order valence-electron chi connectivity index (χ1n) is 9.51. The van der Waals surface area contributed by atoms with Gasteiger partial charge in [-0.15, -0.1) is 0 Å². The molecule has 2 aromatic heterocycles. The Bertz CT molecular complexity index is 926. The van der Waals surface area contributed by atoms with Crippen LogP contribution >= 0.6 is 0 Å². The number of nitrogens with zero attached hydrogens (tertiary/aromatic N) is 3. The molecule has 0 aliphatic carbocycles. The smallest absolute Gasteiger partial charge is 0.292 e. The molecule has 0 radical (unpaired) electrons. The van der Waals surface area contributed by atoms with E-state index in [0.29, 0.717) is 12.3 Å². The van der Waals surface area contributed by atoms with Crippen LogP contribution in [0.25, 0.3) is 11.1 Å². The highest BCUT2D eigenvalue weighted by Crippen LogP contribution is 2.33. The number of H-pyrrole nitrogens is 1. The number of hydrogen-bond acceptors (Lipinski definition) is 4. The van der Waals surface area contributed by atoms with Gasteiger partial charge in [0.05, 0.1) is 11.9 Å². The van der Waals surface area contributed by atoms with Gasteiger partial charge in [-0.2, -0.15) is 5.10 Å². The van der Waals surface area contributed by atoms with Crippen LogP contribution < -0.4 is 0 Å². The zero-order chi connectivity index (χ0) is 18.8. The molecule has 3 aromatic rings. The van der Waals surface area contributed by atoms with E-state index in [1.54, 1.807) is 6.07 Å². The fourth-order valence-electron chi connectivity index (χ4n) is 3.70. The second kappa shape index (κ2) is 7.39. The summed E-state index contributed by atoms with van der Waals surface area (Å²) in [4.78, 5) is 14.7. The quantitative estimate of drug-likeness (QED) is 0.760. The normalized spacial score (nSPS) is 17.3. The zero-order valence-electron chi connectivity index (χ0n) is 15.7.